The lowest BCUT2D eigenvalue weighted by Crippen LogP contribution is -1.90. The van der Waals surface area contributed by atoms with E-state index in [1.165, 1.54) is 11.3 Å². The smallest absolute Gasteiger partial charge is 0.203 e. The van der Waals surface area contributed by atoms with Gasteiger partial charge >= 0.3 is 0 Å². The lowest BCUT2D eigenvalue weighted by Gasteiger charge is -1.97. The number of thiazole rings is 1. The minimum atomic E-state index is 0.578. The Balaban J connectivity index is 1.69. The fourth-order valence-electron chi connectivity index (χ4n) is 1.88. The van der Waals surface area contributed by atoms with Crippen molar-refractivity contribution < 1.29 is 0 Å². The van der Waals surface area contributed by atoms with Crippen LogP contribution < -0.4 is 5.43 Å². The molecule has 6 heteroatoms. The monoisotopic (exact) mass is 347 g/mol. The fraction of sp³-hybridized carbons (Fsp3) is 0. The number of nitrogens with one attached hydrogen (secondary N) is 1. The predicted molar refractivity (Wildman–Crippen MR) is 95.2 cm³/mol. The van der Waals surface area contributed by atoms with Gasteiger partial charge in [0.25, 0.3) is 0 Å². The third-order valence-corrected chi connectivity index (χ3v) is 4.02. The van der Waals surface area contributed by atoms with Crippen LogP contribution in [0, 0.1) is 0 Å². The number of hydrogen-bond acceptors (Lipinski definition) is 4. The molecule has 0 aliphatic rings. The highest BCUT2D eigenvalue weighted by Crippen LogP contribution is 2.24. The van der Waals surface area contributed by atoms with E-state index in [-0.39, 0.29) is 0 Å². The summed E-state index contributed by atoms with van der Waals surface area (Å²) in [6.07, 6.45) is 1.65. The van der Waals surface area contributed by atoms with Crippen molar-refractivity contribution in [3.05, 3.63) is 69.5 Å². The zero-order valence-corrected chi connectivity index (χ0v) is 13.7. The van der Waals surface area contributed by atoms with Crippen LogP contribution in [0.25, 0.3) is 11.3 Å². The average molecular weight is 348 g/mol. The molecule has 0 fully saturated rings. The second kappa shape index (κ2) is 6.92. The maximum Gasteiger partial charge on any atom is 0.203 e. The Morgan fingerprint density at radius 1 is 1.05 bits per heavy atom. The van der Waals surface area contributed by atoms with Gasteiger partial charge in [0.2, 0.25) is 5.13 Å². The molecule has 0 radical (unpaired) electrons. The van der Waals surface area contributed by atoms with Crippen LogP contribution in [-0.2, 0) is 0 Å². The van der Waals surface area contributed by atoms with Gasteiger partial charge in [-0.1, -0.05) is 53.5 Å². The molecule has 0 unspecified atom stereocenters. The first kappa shape index (κ1) is 15.0. The molecule has 0 spiro atoms. The van der Waals surface area contributed by atoms with E-state index in [1.807, 2.05) is 35.7 Å². The molecular weight excluding hydrogens is 337 g/mol. The molecule has 1 aromatic heterocycles. The minimum absolute atomic E-state index is 0.578. The minimum Gasteiger partial charge on any atom is -0.253 e. The molecule has 0 saturated carbocycles. The van der Waals surface area contributed by atoms with Crippen LogP contribution in [0.2, 0.25) is 10.0 Å². The van der Waals surface area contributed by atoms with E-state index in [4.69, 9.17) is 23.2 Å². The Morgan fingerprint density at radius 3 is 2.50 bits per heavy atom. The Labute approximate surface area is 142 Å². The predicted octanol–water partition coefficient (Wildman–Crippen LogP) is 5.56. The number of nitrogens with zero attached hydrogens (tertiary/aromatic N) is 2. The maximum absolute atomic E-state index is 5.94. The summed E-state index contributed by atoms with van der Waals surface area (Å²) in [6.45, 7) is 0. The number of hydrogen-bond donors (Lipinski definition) is 1. The van der Waals surface area contributed by atoms with E-state index >= 15 is 0 Å². The van der Waals surface area contributed by atoms with Gasteiger partial charge in [0.15, 0.2) is 0 Å². The van der Waals surface area contributed by atoms with Crippen LogP contribution >= 0.6 is 34.5 Å². The Morgan fingerprint density at radius 2 is 1.77 bits per heavy atom. The number of rotatable bonds is 4. The Kier molecular flexibility index (Phi) is 4.73. The molecular formula is C16H11Cl2N3S. The van der Waals surface area contributed by atoms with E-state index in [0.717, 1.165) is 22.0 Å². The van der Waals surface area contributed by atoms with E-state index in [9.17, 15) is 0 Å². The van der Waals surface area contributed by atoms with Crippen LogP contribution in [-0.4, -0.2) is 11.2 Å². The molecule has 3 aromatic rings. The van der Waals surface area contributed by atoms with E-state index in [1.54, 1.807) is 24.4 Å². The molecule has 0 aliphatic heterocycles. The molecule has 1 heterocycles. The Hall–Kier alpha value is -1.88. The van der Waals surface area contributed by atoms with Gasteiger partial charge in [0, 0.05) is 21.0 Å². The van der Waals surface area contributed by atoms with Gasteiger partial charge in [0.1, 0.15) is 0 Å². The highest BCUT2D eigenvalue weighted by Gasteiger charge is 2.02. The van der Waals surface area contributed by atoms with Crippen LogP contribution in [0.1, 0.15) is 5.56 Å². The van der Waals surface area contributed by atoms with Gasteiger partial charge < -0.3 is 0 Å². The van der Waals surface area contributed by atoms with Crippen molar-refractivity contribution in [3.8, 4) is 11.3 Å². The summed E-state index contributed by atoms with van der Waals surface area (Å²) in [5.74, 6) is 0. The Bertz CT molecular complexity index is 780. The van der Waals surface area contributed by atoms with Gasteiger partial charge in [-0.25, -0.2) is 4.98 Å². The molecule has 0 bridgehead atoms. The number of benzene rings is 2. The summed E-state index contributed by atoms with van der Waals surface area (Å²) >= 11 is 13.4. The highest BCUT2D eigenvalue weighted by atomic mass is 35.5. The van der Waals surface area contributed by atoms with Crippen molar-refractivity contribution in [1.82, 2.24) is 4.98 Å². The first-order valence-corrected chi connectivity index (χ1v) is 8.10. The molecule has 0 saturated heterocycles. The molecule has 2 aromatic carbocycles. The fourth-order valence-corrected chi connectivity index (χ4v) is 3.09. The average Bonchev–Trinajstić information content (AvgIpc) is 2.96. The van der Waals surface area contributed by atoms with Crippen LogP contribution in [0.5, 0.6) is 0 Å². The quantitative estimate of drug-likeness (QED) is 0.495. The zero-order valence-electron chi connectivity index (χ0n) is 11.3. The van der Waals surface area contributed by atoms with Crippen molar-refractivity contribution in [2.45, 2.75) is 0 Å². The molecule has 22 heavy (non-hydrogen) atoms. The van der Waals surface area contributed by atoms with Gasteiger partial charge in [0.05, 0.1) is 11.9 Å². The third-order valence-electron chi connectivity index (χ3n) is 2.83. The molecule has 0 amide bonds. The number of aromatic nitrogens is 1. The summed E-state index contributed by atoms with van der Waals surface area (Å²) < 4.78 is 0. The van der Waals surface area contributed by atoms with Gasteiger partial charge in [-0.2, -0.15) is 5.10 Å². The van der Waals surface area contributed by atoms with Crippen LogP contribution in [0.15, 0.2) is 59.0 Å². The summed E-state index contributed by atoms with van der Waals surface area (Å²) in [7, 11) is 0. The lowest BCUT2D eigenvalue weighted by molar-refractivity contribution is 1.29. The topological polar surface area (TPSA) is 37.3 Å². The van der Waals surface area contributed by atoms with Crippen molar-refractivity contribution in [3.63, 3.8) is 0 Å². The molecule has 1 N–H and O–H groups in total. The largest absolute Gasteiger partial charge is 0.253 e. The standard InChI is InChI=1S/C16H11Cl2N3S/c17-13-6-11(7-14(18)8-13)9-19-21-16-20-15(10-22-16)12-4-2-1-3-5-12/h1-10H,(H,20,21). The van der Waals surface area contributed by atoms with E-state index < -0.39 is 0 Å². The zero-order chi connectivity index (χ0) is 15.4. The number of anilines is 1. The van der Waals surface area contributed by atoms with Gasteiger partial charge in [-0.3, -0.25) is 5.43 Å². The number of hydrazone groups is 1. The lowest BCUT2D eigenvalue weighted by atomic mass is 10.2. The van der Waals surface area contributed by atoms with Gasteiger partial charge in [-0.15, -0.1) is 11.3 Å². The van der Waals surface area contributed by atoms with E-state index in [0.29, 0.717) is 10.0 Å². The van der Waals surface area contributed by atoms with Crippen molar-refractivity contribution in [2.75, 3.05) is 5.43 Å². The van der Waals surface area contributed by atoms with Crippen LogP contribution in [0.4, 0.5) is 5.13 Å². The first-order chi connectivity index (χ1) is 10.7. The summed E-state index contributed by atoms with van der Waals surface area (Å²) in [6, 6.07) is 15.3. The van der Waals surface area contributed by atoms with Crippen molar-refractivity contribution in [2.24, 2.45) is 5.10 Å². The van der Waals surface area contributed by atoms with Crippen molar-refractivity contribution in [1.29, 1.82) is 0 Å². The summed E-state index contributed by atoms with van der Waals surface area (Å²) in [5, 5.41) is 8.03. The second-order valence-electron chi connectivity index (χ2n) is 4.48. The highest BCUT2D eigenvalue weighted by molar-refractivity contribution is 7.14. The normalized spacial score (nSPS) is 11.0. The molecule has 3 rings (SSSR count). The van der Waals surface area contributed by atoms with Gasteiger partial charge in [-0.05, 0) is 23.8 Å². The number of halogens is 2. The molecule has 0 atom stereocenters. The SMILES string of the molecule is Clc1cc(Cl)cc(C=NNc2nc(-c3ccccc3)cs2)c1. The first-order valence-electron chi connectivity index (χ1n) is 6.47. The molecule has 110 valence electrons. The van der Waals surface area contributed by atoms with Crippen LogP contribution in [0.3, 0.4) is 0 Å². The summed E-state index contributed by atoms with van der Waals surface area (Å²) in [5.41, 5.74) is 5.74. The molecule has 3 nitrogen and oxygen atoms in total. The van der Waals surface area contributed by atoms with E-state index in [2.05, 4.69) is 15.5 Å². The third kappa shape index (κ3) is 3.85. The molecule has 0 aliphatic carbocycles. The summed E-state index contributed by atoms with van der Waals surface area (Å²) in [4.78, 5) is 4.49. The van der Waals surface area contributed by atoms with Crippen molar-refractivity contribution >= 4 is 45.9 Å². The maximum atomic E-state index is 5.94. The second-order valence-corrected chi connectivity index (χ2v) is 6.21.